The summed E-state index contributed by atoms with van der Waals surface area (Å²) in [7, 11) is 0. The topological polar surface area (TPSA) is 40.5 Å². The van der Waals surface area contributed by atoms with Gasteiger partial charge in [-0.1, -0.05) is 12.2 Å². The molecule has 0 radical (unpaired) electrons. The summed E-state index contributed by atoms with van der Waals surface area (Å²) in [5.41, 5.74) is -0.906. The van der Waals surface area contributed by atoms with Crippen LogP contribution in [0.25, 0.3) is 0 Å². The van der Waals surface area contributed by atoms with Crippen LogP contribution in [0.1, 0.15) is 12.8 Å². The van der Waals surface area contributed by atoms with Crippen LogP contribution in [0, 0.1) is 0 Å². The molecule has 3 heteroatoms. The van der Waals surface area contributed by atoms with E-state index in [0.717, 1.165) is 0 Å². The van der Waals surface area contributed by atoms with E-state index in [9.17, 15) is 9.90 Å². The van der Waals surface area contributed by atoms with Crippen molar-refractivity contribution >= 4 is 5.91 Å². The minimum Gasteiger partial charge on any atom is -0.384 e. The lowest BCUT2D eigenvalue weighted by Gasteiger charge is -2.36. The Morgan fingerprint density at radius 2 is 2.31 bits per heavy atom. The lowest BCUT2D eigenvalue weighted by atomic mass is 9.93. The van der Waals surface area contributed by atoms with E-state index in [4.69, 9.17) is 0 Å². The van der Waals surface area contributed by atoms with E-state index in [0.29, 0.717) is 25.9 Å². The highest BCUT2D eigenvalue weighted by atomic mass is 16.3. The van der Waals surface area contributed by atoms with Crippen molar-refractivity contribution in [2.45, 2.75) is 18.4 Å². The molecule has 0 spiro atoms. The third-order valence-corrected chi connectivity index (χ3v) is 2.32. The van der Waals surface area contributed by atoms with Crippen LogP contribution >= 0.6 is 0 Å². The molecule has 1 unspecified atom stereocenters. The number of hydrogen-bond donors (Lipinski definition) is 1. The van der Waals surface area contributed by atoms with Crippen LogP contribution in [0.3, 0.4) is 0 Å². The average Bonchev–Trinajstić information content (AvgIpc) is 2.12. The summed E-state index contributed by atoms with van der Waals surface area (Å²) in [6.07, 6.45) is 4.03. The number of rotatable bonds is 3. The highest BCUT2D eigenvalue weighted by Gasteiger charge is 2.33. The first-order valence-corrected chi connectivity index (χ1v) is 4.36. The van der Waals surface area contributed by atoms with E-state index in [1.807, 2.05) is 0 Å². The average molecular weight is 181 g/mol. The number of amides is 1. The molecule has 13 heavy (non-hydrogen) atoms. The van der Waals surface area contributed by atoms with Crippen LogP contribution in [0.2, 0.25) is 0 Å². The molecular weight excluding hydrogens is 166 g/mol. The van der Waals surface area contributed by atoms with Crippen LogP contribution in [0.15, 0.2) is 25.3 Å². The number of piperidine rings is 1. The Morgan fingerprint density at radius 1 is 1.62 bits per heavy atom. The molecule has 0 bridgehead atoms. The molecule has 1 rings (SSSR count). The van der Waals surface area contributed by atoms with E-state index >= 15 is 0 Å². The van der Waals surface area contributed by atoms with Crippen LogP contribution in [0.4, 0.5) is 0 Å². The SMILES string of the molecule is C=CCN1CC(O)(C=C)CCC1=O. The number of nitrogens with zero attached hydrogens (tertiary/aromatic N) is 1. The summed E-state index contributed by atoms with van der Waals surface area (Å²) < 4.78 is 0. The van der Waals surface area contributed by atoms with E-state index < -0.39 is 5.60 Å². The van der Waals surface area contributed by atoms with Crippen LogP contribution in [0.5, 0.6) is 0 Å². The van der Waals surface area contributed by atoms with Gasteiger partial charge in [-0.25, -0.2) is 0 Å². The summed E-state index contributed by atoms with van der Waals surface area (Å²) in [6.45, 7) is 7.95. The third kappa shape index (κ3) is 2.18. The summed E-state index contributed by atoms with van der Waals surface area (Å²) in [5, 5.41) is 9.85. The molecule has 1 aliphatic rings. The zero-order valence-electron chi connectivity index (χ0n) is 7.70. The molecule has 1 saturated heterocycles. The Labute approximate surface area is 78.4 Å². The molecule has 0 saturated carbocycles. The molecule has 1 atom stereocenters. The van der Waals surface area contributed by atoms with Gasteiger partial charge >= 0.3 is 0 Å². The van der Waals surface area contributed by atoms with E-state index in [2.05, 4.69) is 13.2 Å². The summed E-state index contributed by atoms with van der Waals surface area (Å²) in [5.74, 6) is 0.0754. The van der Waals surface area contributed by atoms with Gasteiger partial charge in [0.2, 0.25) is 5.91 Å². The van der Waals surface area contributed by atoms with Gasteiger partial charge in [0, 0.05) is 13.0 Å². The number of likely N-dealkylation sites (tertiary alicyclic amines) is 1. The number of aliphatic hydroxyl groups is 1. The van der Waals surface area contributed by atoms with Crippen molar-refractivity contribution in [3.8, 4) is 0 Å². The second-order valence-electron chi connectivity index (χ2n) is 3.37. The van der Waals surface area contributed by atoms with Gasteiger partial charge in [0.25, 0.3) is 0 Å². The largest absolute Gasteiger partial charge is 0.384 e. The van der Waals surface area contributed by atoms with E-state index in [1.165, 1.54) is 6.08 Å². The molecule has 1 N–H and O–H groups in total. The van der Waals surface area contributed by atoms with Crippen molar-refractivity contribution in [3.05, 3.63) is 25.3 Å². The highest BCUT2D eigenvalue weighted by Crippen LogP contribution is 2.22. The molecular formula is C10H15NO2. The molecule has 1 amide bonds. The molecule has 0 aromatic carbocycles. The van der Waals surface area contributed by atoms with Gasteiger partial charge in [0.1, 0.15) is 5.60 Å². The first-order valence-electron chi connectivity index (χ1n) is 4.36. The molecule has 72 valence electrons. The lowest BCUT2D eigenvalue weighted by Crippen LogP contribution is -2.49. The maximum Gasteiger partial charge on any atom is 0.223 e. The highest BCUT2D eigenvalue weighted by molar-refractivity contribution is 5.77. The lowest BCUT2D eigenvalue weighted by molar-refractivity contribution is -0.139. The van der Waals surface area contributed by atoms with E-state index in [-0.39, 0.29) is 5.91 Å². The Hall–Kier alpha value is -1.09. The zero-order valence-corrected chi connectivity index (χ0v) is 7.70. The number of β-amino-alcohol motifs (C(OH)–C–C–N with tert-alkyl or cyclic N) is 1. The zero-order chi connectivity index (χ0) is 9.90. The summed E-state index contributed by atoms with van der Waals surface area (Å²) in [4.78, 5) is 12.9. The monoisotopic (exact) mass is 181 g/mol. The fraction of sp³-hybridized carbons (Fsp3) is 0.500. The van der Waals surface area contributed by atoms with Gasteiger partial charge in [-0.05, 0) is 6.42 Å². The third-order valence-electron chi connectivity index (χ3n) is 2.32. The van der Waals surface area contributed by atoms with Gasteiger partial charge in [0.05, 0.1) is 6.54 Å². The quantitative estimate of drug-likeness (QED) is 0.651. The normalized spacial score (nSPS) is 28.7. The van der Waals surface area contributed by atoms with Crippen molar-refractivity contribution in [3.63, 3.8) is 0 Å². The predicted molar refractivity (Wildman–Crippen MR) is 51.2 cm³/mol. The number of carbonyl (C=O) groups excluding carboxylic acids is 1. The van der Waals surface area contributed by atoms with Crippen molar-refractivity contribution in [2.75, 3.05) is 13.1 Å². The molecule has 1 fully saturated rings. The number of hydrogen-bond acceptors (Lipinski definition) is 2. The van der Waals surface area contributed by atoms with Crippen molar-refractivity contribution in [1.29, 1.82) is 0 Å². The van der Waals surface area contributed by atoms with Crippen molar-refractivity contribution in [1.82, 2.24) is 4.90 Å². The molecule has 0 aromatic heterocycles. The summed E-state index contributed by atoms with van der Waals surface area (Å²) in [6, 6.07) is 0. The second-order valence-corrected chi connectivity index (χ2v) is 3.37. The van der Waals surface area contributed by atoms with Crippen LogP contribution < -0.4 is 0 Å². The number of carbonyl (C=O) groups is 1. The Morgan fingerprint density at radius 3 is 2.85 bits per heavy atom. The van der Waals surface area contributed by atoms with Crippen LogP contribution in [-0.2, 0) is 4.79 Å². The van der Waals surface area contributed by atoms with E-state index in [1.54, 1.807) is 11.0 Å². The Kier molecular flexibility index (Phi) is 2.88. The summed E-state index contributed by atoms with van der Waals surface area (Å²) >= 11 is 0. The molecule has 0 aromatic rings. The fourth-order valence-electron chi connectivity index (χ4n) is 1.47. The molecule has 0 aliphatic carbocycles. The van der Waals surface area contributed by atoms with Crippen LogP contribution in [-0.4, -0.2) is 34.6 Å². The van der Waals surface area contributed by atoms with Gasteiger partial charge in [0.15, 0.2) is 0 Å². The Balaban J connectivity index is 2.67. The van der Waals surface area contributed by atoms with Gasteiger partial charge in [-0.2, -0.15) is 0 Å². The smallest absolute Gasteiger partial charge is 0.223 e. The predicted octanol–water partition coefficient (Wildman–Crippen LogP) is 0.712. The first kappa shape index (κ1) is 9.99. The molecule has 3 nitrogen and oxygen atoms in total. The Bertz CT molecular complexity index is 237. The first-order chi connectivity index (χ1) is 6.11. The van der Waals surface area contributed by atoms with Gasteiger partial charge < -0.3 is 10.0 Å². The minimum atomic E-state index is -0.906. The minimum absolute atomic E-state index is 0.0754. The molecule has 1 aliphatic heterocycles. The molecule has 1 heterocycles. The van der Waals surface area contributed by atoms with Gasteiger partial charge in [-0.3, -0.25) is 4.79 Å². The maximum absolute atomic E-state index is 11.3. The maximum atomic E-state index is 11.3. The standard InChI is InChI=1S/C10H15NO2/c1-3-7-11-8-10(13,4-2)6-5-9(11)12/h3-4,13H,1-2,5-8H2. The van der Waals surface area contributed by atoms with Crippen molar-refractivity contribution in [2.24, 2.45) is 0 Å². The van der Waals surface area contributed by atoms with Crippen molar-refractivity contribution < 1.29 is 9.90 Å². The second kappa shape index (κ2) is 3.75. The van der Waals surface area contributed by atoms with Gasteiger partial charge in [-0.15, -0.1) is 13.2 Å². The fourth-order valence-corrected chi connectivity index (χ4v) is 1.47.